The Morgan fingerprint density at radius 1 is 1.21 bits per heavy atom. The number of aliphatic imine (C=N–C) groups is 1. The summed E-state index contributed by atoms with van der Waals surface area (Å²) in [6.45, 7) is 8.95. The van der Waals surface area contributed by atoms with E-state index in [1.165, 1.54) is 17.4 Å². The molecule has 0 aliphatic heterocycles. The second-order valence-electron chi connectivity index (χ2n) is 10.5. The van der Waals surface area contributed by atoms with Gasteiger partial charge in [-0.2, -0.15) is 0 Å². The third kappa shape index (κ3) is 9.25. The van der Waals surface area contributed by atoms with Gasteiger partial charge in [0.1, 0.15) is 29.1 Å². The number of carbonyl (C=O) groups is 2. The summed E-state index contributed by atoms with van der Waals surface area (Å²) in [6.07, 6.45) is 4.00. The lowest BCUT2D eigenvalue weighted by molar-refractivity contribution is -0.143. The van der Waals surface area contributed by atoms with Gasteiger partial charge in [-0.15, -0.1) is 0 Å². The number of esters is 1. The average molecular weight is 584 g/mol. The van der Waals surface area contributed by atoms with Gasteiger partial charge in [0.25, 0.3) is 0 Å². The van der Waals surface area contributed by atoms with Crippen LogP contribution in [0, 0.1) is 0 Å². The fraction of sp³-hybridized carbons (Fsp3) is 0.483. The Balaban J connectivity index is 1.69. The van der Waals surface area contributed by atoms with E-state index in [1.54, 1.807) is 27.1 Å². The van der Waals surface area contributed by atoms with E-state index in [0.717, 1.165) is 5.69 Å². The zero-order chi connectivity index (χ0) is 30.7. The number of anilines is 2. The Kier molecular flexibility index (Phi) is 11.3. The van der Waals surface area contributed by atoms with Crippen molar-refractivity contribution in [1.29, 1.82) is 0 Å². The molecule has 42 heavy (non-hydrogen) atoms. The molecule has 3 rings (SSSR count). The largest absolute Gasteiger partial charge is 0.494 e. The molecule has 1 aromatic carbocycles. The first-order valence-electron chi connectivity index (χ1n) is 13.9. The molecule has 13 nitrogen and oxygen atoms in total. The van der Waals surface area contributed by atoms with E-state index in [0.29, 0.717) is 73.0 Å². The van der Waals surface area contributed by atoms with Gasteiger partial charge in [0.2, 0.25) is 0 Å². The van der Waals surface area contributed by atoms with Gasteiger partial charge in [0.15, 0.2) is 5.88 Å². The fourth-order valence-electron chi connectivity index (χ4n) is 3.94. The molecule has 0 fully saturated rings. The average Bonchev–Trinajstić information content (AvgIpc) is 3.26. The molecule has 0 unspecified atom stereocenters. The molecule has 4 N–H and O–H groups in total. The molecule has 0 saturated heterocycles. The molecule has 3 aromatic rings. The van der Waals surface area contributed by atoms with Gasteiger partial charge in [-0.1, -0.05) is 0 Å². The third-order valence-electron chi connectivity index (χ3n) is 5.94. The highest BCUT2D eigenvalue weighted by molar-refractivity contribution is 6.06. The standard InChI is InChI=1S/C29H41N7O6/c1-7-40-23(37)10-8-15-41-22-16-19(11-12-21(22)30-5)32-17-20-24-25(33-18-34-26(24)35-27(20)38)31-13-9-14-36(6)28(39)42-29(2,3)4/h11-12,16-18,30,38H,7-10,13-15H2,1-6H3,(H2,31,33,34,35). The number of amides is 1. The van der Waals surface area contributed by atoms with E-state index in [9.17, 15) is 14.7 Å². The fourth-order valence-corrected chi connectivity index (χ4v) is 3.94. The topological polar surface area (TPSA) is 163 Å². The highest BCUT2D eigenvalue weighted by Gasteiger charge is 2.19. The van der Waals surface area contributed by atoms with Gasteiger partial charge < -0.3 is 39.8 Å². The second-order valence-corrected chi connectivity index (χ2v) is 10.5. The van der Waals surface area contributed by atoms with Crippen molar-refractivity contribution in [2.24, 2.45) is 4.99 Å². The minimum Gasteiger partial charge on any atom is -0.494 e. The molecule has 0 bridgehead atoms. The summed E-state index contributed by atoms with van der Waals surface area (Å²) in [5.74, 6) is 0.761. The number of nitrogens with one attached hydrogen (secondary N) is 3. The van der Waals surface area contributed by atoms with Gasteiger partial charge in [-0.3, -0.25) is 9.79 Å². The van der Waals surface area contributed by atoms with Crippen LogP contribution in [0.3, 0.4) is 0 Å². The van der Waals surface area contributed by atoms with Crippen LogP contribution in [-0.2, 0) is 14.3 Å². The quantitative estimate of drug-likeness (QED) is 0.117. The molecule has 228 valence electrons. The Labute approximate surface area is 245 Å². The Hall–Kier alpha value is -4.55. The first kappa shape index (κ1) is 32.0. The molecular formula is C29H41N7O6. The van der Waals surface area contributed by atoms with Crippen molar-refractivity contribution in [2.45, 2.75) is 52.6 Å². The number of aromatic amines is 1. The van der Waals surface area contributed by atoms with Gasteiger partial charge >= 0.3 is 12.1 Å². The number of hydrogen-bond donors (Lipinski definition) is 4. The lowest BCUT2D eigenvalue weighted by Gasteiger charge is -2.24. The van der Waals surface area contributed by atoms with E-state index in [-0.39, 0.29) is 24.4 Å². The Morgan fingerprint density at radius 2 is 2.00 bits per heavy atom. The summed E-state index contributed by atoms with van der Waals surface area (Å²) in [5.41, 5.74) is 1.69. The number of ether oxygens (including phenoxy) is 3. The minimum absolute atomic E-state index is 0.0933. The number of hydrogen-bond acceptors (Lipinski definition) is 11. The van der Waals surface area contributed by atoms with Crippen LogP contribution in [0.2, 0.25) is 0 Å². The maximum atomic E-state index is 12.2. The number of benzene rings is 1. The number of rotatable bonds is 14. The van der Waals surface area contributed by atoms with Crippen molar-refractivity contribution in [3.63, 3.8) is 0 Å². The van der Waals surface area contributed by atoms with Gasteiger partial charge in [0, 0.05) is 45.9 Å². The molecule has 0 aliphatic rings. The number of fused-ring (bicyclic) bond motifs is 1. The van der Waals surface area contributed by atoms with Gasteiger partial charge in [0.05, 0.1) is 35.5 Å². The summed E-state index contributed by atoms with van der Waals surface area (Å²) >= 11 is 0. The maximum Gasteiger partial charge on any atom is 0.410 e. The summed E-state index contributed by atoms with van der Waals surface area (Å²) in [5, 5.41) is 17.6. The molecule has 0 radical (unpaired) electrons. The van der Waals surface area contributed by atoms with E-state index < -0.39 is 5.60 Å². The summed E-state index contributed by atoms with van der Waals surface area (Å²) in [7, 11) is 3.48. The third-order valence-corrected chi connectivity index (χ3v) is 5.94. The molecular weight excluding hydrogens is 542 g/mol. The highest BCUT2D eigenvalue weighted by atomic mass is 16.6. The number of aromatic hydroxyl groups is 1. The van der Waals surface area contributed by atoms with Crippen molar-refractivity contribution < 1.29 is 28.9 Å². The number of carbonyl (C=O) groups excluding carboxylic acids is 2. The smallest absolute Gasteiger partial charge is 0.410 e. The molecule has 0 spiro atoms. The normalized spacial score (nSPS) is 11.5. The molecule has 2 aromatic heterocycles. The minimum atomic E-state index is -0.556. The first-order valence-corrected chi connectivity index (χ1v) is 13.9. The summed E-state index contributed by atoms with van der Waals surface area (Å²) in [6, 6.07) is 5.43. The van der Waals surface area contributed by atoms with Crippen LogP contribution in [-0.4, -0.2) is 89.2 Å². The molecule has 0 aliphatic carbocycles. The van der Waals surface area contributed by atoms with Crippen molar-refractivity contribution in [2.75, 3.05) is 51.0 Å². The molecule has 0 saturated carbocycles. The van der Waals surface area contributed by atoms with E-state index in [2.05, 4.69) is 30.6 Å². The predicted molar refractivity (Wildman–Crippen MR) is 162 cm³/mol. The second kappa shape index (κ2) is 14.9. The summed E-state index contributed by atoms with van der Waals surface area (Å²) in [4.78, 5) is 41.3. The van der Waals surface area contributed by atoms with Gasteiger partial charge in [-0.05, 0) is 52.7 Å². The number of nitrogens with zero attached hydrogens (tertiary/aromatic N) is 4. The van der Waals surface area contributed by atoms with Crippen LogP contribution in [0.15, 0.2) is 29.5 Å². The van der Waals surface area contributed by atoms with E-state index >= 15 is 0 Å². The van der Waals surface area contributed by atoms with E-state index in [4.69, 9.17) is 14.2 Å². The molecule has 1 amide bonds. The predicted octanol–water partition coefficient (Wildman–Crippen LogP) is 4.85. The SMILES string of the molecule is CCOC(=O)CCCOc1cc(N=Cc2c(O)[nH]c3ncnc(NCCCN(C)C(=O)OC(C)(C)C)c23)ccc1NC. The zero-order valence-electron chi connectivity index (χ0n) is 25.1. The van der Waals surface area contributed by atoms with Crippen LogP contribution in [0.1, 0.15) is 52.5 Å². The first-order chi connectivity index (χ1) is 20.0. The lowest BCUT2D eigenvalue weighted by atomic mass is 10.2. The van der Waals surface area contributed by atoms with Crippen LogP contribution in [0.4, 0.5) is 22.0 Å². The van der Waals surface area contributed by atoms with Crippen LogP contribution in [0.5, 0.6) is 11.6 Å². The van der Waals surface area contributed by atoms with Gasteiger partial charge in [-0.25, -0.2) is 14.8 Å². The van der Waals surface area contributed by atoms with Crippen LogP contribution < -0.4 is 15.4 Å². The van der Waals surface area contributed by atoms with E-state index in [1.807, 2.05) is 32.9 Å². The van der Waals surface area contributed by atoms with Crippen molar-refractivity contribution in [3.05, 3.63) is 30.1 Å². The highest BCUT2D eigenvalue weighted by Crippen LogP contribution is 2.32. The summed E-state index contributed by atoms with van der Waals surface area (Å²) < 4.78 is 16.2. The number of aromatic nitrogens is 3. The van der Waals surface area contributed by atoms with Crippen LogP contribution >= 0.6 is 0 Å². The monoisotopic (exact) mass is 583 g/mol. The molecule has 13 heteroatoms. The van der Waals surface area contributed by atoms with Crippen molar-refractivity contribution in [3.8, 4) is 11.6 Å². The Bertz CT molecular complexity index is 1380. The zero-order valence-corrected chi connectivity index (χ0v) is 25.1. The number of H-pyrrole nitrogens is 1. The molecule has 0 atom stereocenters. The Morgan fingerprint density at radius 3 is 2.71 bits per heavy atom. The van der Waals surface area contributed by atoms with Crippen LogP contribution in [0.25, 0.3) is 11.0 Å². The lowest BCUT2D eigenvalue weighted by Crippen LogP contribution is -2.35. The maximum absolute atomic E-state index is 12.2. The molecule has 2 heterocycles. The van der Waals surface area contributed by atoms with Crippen molar-refractivity contribution >= 4 is 46.5 Å². The van der Waals surface area contributed by atoms with Crippen molar-refractivity contribution in [1.82, 2.24) is 19.9 Å².